The smallest absolute Gasteiger partial charge is 0.255 e. The fourth-order valence-corrected chi connectivity index (χ4v) is 3.62. The zero-order valence-electron chi connectivity index (χ0n) is 16.4. The van der Waals surface area contributed by atoms with E-state index in [-0.39, 0.29) is 43.2 Å². The lowest BCUT2D eigenvalue weighted by Crippen LogP contribution is -2.42. The van der Waals surface area contributed by atoms with Gasteiger partial charge in [0, 0.05) is 55.0 Å². The lowest BCUT2D eigenvalue weighted by Gasteiger charge is -2.31. The summed E-state index contributed by atoms with van der Waals surface area (Å²) in [6.07, 6.45) is 2.29. The number of rotatable bonds is 3. The highest BCUT2D eigenvalue weighted by molar-refractivity contribution is 5.99. The van der Waals surface area contributed by atoms with Crippen molar-refractivity contribution in [3.05, 3.63) is 59.4 Å². The molecule has 31 heavy (non-hydrogen) atoms. The second-order valence-corrected chi connectivity index (χ2v) is 7.33. The van der Waals surface area contributed by atoms with Gasteiger partial charge in [-0.2, -0.15) is 10.4 Å². The van der Waals surface area contributed by atoms with Crippen LogP contribution >= 0.6 is 0 Å². The number of nitriles is 1. The third-order valence-corrected chi connectivity index (χ3v) is 5.35. The Labute approximate surface area is 176 Å². The highest BCUT2D eigenvalue weighted by atomic mass is 19.3. The molecule has 3 aromatic rings. The van der Waals surface area contributed by atoms with Crippen LogP contribution in [-0.2, 0) is 0 Å². The molecule has 8 nitrogen and oxygen atoms in total. The molecule has 2 aromatic heterocycles. The third kappa shape index (κ3) is 3.77. The van der Waals surface area contributed by atoms with Gasteiger partial charge >= 0.3 is 0 Å². The lowest BCUT2D eigenvalue weighted by atomic mass is 10.1. The summed E-state index contributed by atoms with van der Waals surface area (Å²) in [7, 11) is 0. The zero-order chi connectivity index (χ0) is 22.2. The van der Waals surface area contributed by atoms with Crippen LogP contribution in [0.5, 0.6) is 0 Å². The molecule has 0 unspecified atom stereocenters. The van der Waals surface area contributed by atoms with E-state index in [1.54, 1.807) is 35.0 Å². The molecular formula is C21H19F2N7O. The molecule has 0 radical (unpaired) electrons. The first kappa shape index (κ1) is 20.3. The first-order chi connectivity index (χ1) is 14.8. The van der Waals surface area contributed by atoms with Gasteiger partial charge in [0.15, 0.2) is 0 Å². The summed E-state index contributed by atoms with van der Waals surface area (Å²) in [4.78, 5) is 18.6. The summed E-state index contributed by atoms with van der Waals surface area (Å²) in [6, 6.07) is 10.8. The fourth-order valence-electron chi connectivity index (χ4n) is 3.62. The minimum absolute atomic E-state index is 0.0209. The van der Waals surface area contributed by atoms with E-state index in [0.29, 0.717) is 27.8 Å². The van der Waals surface area contributed by atoms with Crippen LogP contribution in [0.2, 0.25) is 0 Å². The van der Waals surface area contributed by atoms with Crippen molar-refractivity contribution >= 4 is 22.8 Å². The van der Waals surface area contributed by atoms with Crippen LogP contribution in [0.3, 0.4) is 0 Å². The number of alkyl halides is 2. The maximum atomic E-state index is 13.4. The van der Waals surface area contributed by atoms with Crippen LogP contribution in [0.25, 0.3) is 16.7 Å². The average molecular weight is 423 g/mol. The minimum atomic E-state index is -2.74. The van der Waals surface area contributed by atoms with E-state index in [1.165, 1.54) is 11.1 Å². The molecule has 0 saturated carbocycles. The van der Waals surface area contributed by atoms with Crippen LogP contribution in [-0.4, -0.2) is 45.2 Å². The zero-order valence-corrected chi connectivity index (χ0v) is 16.4. The molecule has 0 bridgehead atoms. The highest BCUT2D eigenvalue weighted by Gasteiger charge is 2.36. The first-order valence-electron chi connectivity index (χ1n) is 9.55. The molecule has 1 aromatic carbocycles. The van der Waals surface area contributed by atoms with Gasteiger partial charge in [0.2, 0.25) is 0 Å². The molecule has 1 fully saturated rings. The normalized spacial score (nSPS) is 16.3. The van der Waals surface area contributed by atoms with Crippen molar-refractivity contribution in [3.63, 3.8) is 0 Å². The molecule has 10 heteroatoms. The number of hydrazone groups is 1. The Bertz CT molecular complexity index is 1230. The quantitative estimate of drug-likeness (QED) is 0.289. The Morgan fingerprint density at radius 2 is 1.97 bits per heavy atom. The van der Waals surface area contributed by atoms with Crippen molar-refractivity contribution in [2.45, 2.75) is 18.8 Å². The van der Waals surface area contributed by atoms with Crippen molar-refractivity contribution < 1.29 is 13.6 Å². The molecule has 0 atom stereocenters. The molecule has 4 rings (SSSR count). The van der Waals surface area contributed by atoms with Crippen molar-refractivity contribution in [1.82, 2.24) is 14.5 Å². The standard InChI is InChI=1S/C21H19F2N7O/c22-21(23)4-6-29(7-5-21)20(31)14-9-17-15(10-24)12-30(19(17)27-11-14)16-3-1-2-13(8-16)18(25)28-26/h1-3,8-9,11-12H,4-7,26H2,(H2,25,28). The molecule has 158 valence electrons. The number of likely N-dealkylation sites (tertiary alicyclic amines) is 1. The number of piperidine rings is 1. The maximum absolute atomic E-state index is 13.4. The monoisotopic (exact) mass is 423 g/mol. The summed E-state index contributed by atoms with van der Waals surface area (Å²) in [5, 5.41) is 13.6. The number of amidine groups is 1. The van der Waals surface area contributed by atoms with E-state index in [0.717, 1.165) is 0 Å². The number of nitrogens with two attached hydrogens (primary N) is 2. The molecule has 0 aliphatic carbocycles. The lowest BCUT2D eigenvalue weighted by molar-refractivity contribution is -0.0494. The molecule has 4 N–H and O–H groups in total. The first-order valence-corrected chi connectivity index (χ1v) is 9.55. The van der Waals surface area contributed by atoms with Crippen molar-refractivity contribution in [3.8, 4) is 11.8 Å². The number of benzene rings is 1. The summed E-state index contributed by atoms with van der Waals surface area (Å²) in [5.74, 6) is 2.29. The topological polar surface area (TPSA) is 126 Å². The number of fused-ring (bicyclic) bond motifs is 1. The van der Waals surface area contributed by atoms with Crippen molar-refractivity contribution in [2.24, 2.45) is 16.7 Å². The predicted molar refractivity (Wildman–Crippen MR) is 111 cm³/mol. The maximum Gasteiger partial charge on any atom is 0.255 e. The van der Waals surface area contributed by atoms with E-state index >= 15 is 0 Å². The molecular weight excluding hydrogens is 404 g/mol. The third-order valence-electron chi connectivity index (χ3n) is 5.35. The van der Waals surface area contributed by atoms with Crippen molar-refractivity contribution in [1.29, 1.82) is 5.26 Å². The SMILES string of the molecule is N#Cc1cn(-c2cccc(/C(N)=N/N)c2)c2ncc(C(=O)N3CCC(F)(F)CC3)cc12. The van der Waals surface area contributed by atoms with E-state index < -0.39 is 5.92 Å². The summed E-state index contributed by atoms with van der Waals surface area (Å²) < 4.78 is 28.5. The Morgan fingerprint density at radius 1 is 1.23 bits per heavy atom. The molecule has 1 aliphatic heterocycles. The van der Waals surface area contributed by atoms with Crippen LogP contribution < -0.4 is 11.6 Å². The van der Waals surface area contributed by atoms with Gasteiger partial charge in [0.05, 0.1) is 11.1 Å². The number of carbonyl (C=O) groups excluding carboxylic acids is 1. The number of halogens is 2. The van der Waals surface area contributed by atoms with Gasteiger partial charge in [-0.05, 0) is 18.2 Å². The Morgan fingerprint density at radius 3 is 2.65 bits per heavy atom. The Balaban J connectivity index is 1.72. The molecule has 1 amide bonds. The Kier molecular flexibility index (Phi) is 5.02. The van der Waals surface area contributed by atoms with Gasteiger partial charge in [-0.15, -0.1) is 0 Å². The average Bonchev–Trinajstić information content (AvgIpc) is 3.16. The number of aromatic nitrogens is 2. The van der Waals surface area contributed by atoms with Gasteiger partial charge in [0.1, 0.15) is 17.6 Å². The summed E-state index contributed by atoms with van der Waals surface area (Å²) in [6.45, 7) is -0.0419. The second-order valence-electron chi connectivity index (χ2n) is 7.33. The molecule has 0 spiro atoms. The number of pyridine rings is 1. The number of carbonyl (C=O) groups is 1. The number of nitrogens with zero attached hydrogens (tertiary/aromatic N) is 5. The van der Waals surface area contributed by atoms with Crippen LogP contribution in [0.4, 0.5) is 8.78 Å². The largest absolute Gasteiger partial charge is 0.382 e. The van der Waals surface area contributed by atoms with Gasteiger partial charge in [-0.25, -0.2) is 13.8 Å². The minimum Gasteiger partial charge on any atom is -0.382 e. The van der Waals surface area contributed by atoms with Gasteiger partial charge < -0.3 is 16.5 Å². The van der Waals surface area contributed by atoms with Gasteiger partial charge in [-0.3, -0.25) is 9.36 Å². The van der Waals surface area contributed by atoms with Crippen LogP contribution in [0, 0.1) is 11.3 Å². The Hall–Kier alpha value is -4.00. The van der Waals surface area contributed by atoms with Gasteiger partial charge in [0.25, 0.3) is 11.8 Å². The molecule has 1 aliphatic rings. The molecule has 3 heterocycles. The van der Waals surface area contributed by atoms with E-state index in [1.807, 2.05) is 6.07 Å². The van der Waals surface area contributed by atoms with Gasteiger partial charge in [-0.1, -0.05) is 12.1 Å². The van der Waals surface area contributed by atoms with Crippen LogP contribution in [0.1, 0.15) is 34.3 Å². The van der Waals surface area contributed by atoms with E-state index in [4.69, 9.17) is 11.6 Å². The van der Waals surface area contributed by atoms with Crippen molar-refractivity contribution in [2.75, 3.05) is 13.1 Å². The van der Waals surface area contributed by atoms with E-state index in [9.17, 15) is 18.8 Å². The highest BCUT2D eigenvalue weighted by Crippen LogP contribution is 2.29. The predicted octanol–water partition coefficient (Wildman–Crippen LogP) is 2.35. The number of amides is 1. The fraction of sp³-hybridized carbons (Fsp3) is 0.238. The molecule has 1 saturated heterocycles. The summed E-state index contributed by atoms with van der Waals surface area (Å²) in [5.41, 5.74) is 8.12. The van der Waals surface area contributed by atoms with E-state index in [2.05, 4.69) is 16.2 Å². The van der Waals surface area contributed by atoms with Crippen LogP contribution in [0.15, 0.2) is 47.8 Å². The number of hydrogen-bond acceptors (Lipinski definition) is 5. The second kappa shape index (κ2) is 7.68. The number of hydrogen-bond donors (Lipinski definition) is 2. The summed E-state index contributed by atoms with van der Waals surface area (Å²) >= 11 is 0.